The van der Waals surface area contributed by atoms with Crippen LogP contribution >= 0.6 is 0 Å². The van der Waals surface area contributed by atoms with Gasteiger partial charge in [0.1, 0.15) is 35.1 Å². The molecule has 0 spiro atoms. The molecular weight excluding hydrogens is 578 g/mol. The summed E-state index contributed by atoms with van der Waals surface area (Å²) in [6, 6.07) is 24.7. The van der Waals surface area contributed by atoms with Gasteiger partial charge < -0.3 is 39.6 Å². The molecule has 5 rings (SSSR count). The minimum Gasteiger partial charge on any atom is -0.497 e. The molecule has 1 saturated heterocycles. The lowest BCUT2D eigenvalue weighted by atomic mass is 9.80. The van der Waals surface area contributed by atoms with Crippen molar-refractivity contribution in [2.75, 3.05) is 33.7 Å². The number of aliphatic hydroxyl groups is 2. The molecule has 5 atom stereocenters. The maximum Gasteiger partial charge on any atom is 0.351 e. The van der Waals surface area contributed by atoms with Crippen molar-refractivity contribution < 1.29 is 33.9 Å². The minimum absolute atomic E-state index is 0.0598. The summed E-state index contributed by atoms with van der Waals surface area (Å²) in [6.07, 6.45) is -3.48. The third-order valence-corrected chi connectivity index (χ3v) is 8.59. The van der Waals surface area contributed by atoms with Crippen LogP contribution in [0, 0.1) is 6.92 Å². The van der Waals surface area contributed by atoms with Crippen molar-refractivity contribution in [1.29, 1.82) is 0 Å². The third-order valence-electron chi connectivity index (χ3n) is 8.59. The molecule has 3 aromatic carbocycles. The highest BCUT2D eigenvalue weighted by atomic mass is 16.6. The highest BCUT2D eigenvalue weighted by Gasteiger charge is 2.60. The highest BCUT2D eigenvalue weighted by Crippen LogP contribution is 2.45. The monoisotopic (exact) mass is 617 g/mol. The average Bonchev–Trinajstić information content (AvgIpc) is 3.33. The molecule has 11 nitrogen and oxygen atoms in total. The van der Waals surface area contributed by atoms with Gasteiger partial charge in [-0.05, 0) is 54.8 Å². The van der Waals surface area contributed by atoms with Crippen molar-refractivity contribution in [3.63, 3.8) is 0 Å². The zero-order valence-electron chi connectivity index (χ0n) is 25.9. The van der Waals surface area contributed by atoms with Crippen LogP contribution in [0.15, 0.2) is 89.9 Å². The van der Waals surface area contributed by atoms with Crippen molar-refractivity contribution in [3.8, 4) is 11.5 Å². The van der Waals surface area contributed by atoms with E-state index in [0.29, 0.717) is 17.1 Å². The molecular formula is C34H39N3O8. The Morgan fingerprint density at radius 1 is 0.956 bits per heavy atom. The van der Waals surface area contributed by atoms with Crippen LogP contribution in [0.3, 0.4) is 0 Å². The Morgan fingerprint density at radius 2 is 1.49 bits per heavy atom. The molecule has 11 heteroatoms. The molecule has 1 aromatic heterocycles. The molecule has 45 heavy (non-hydrogen) atoms. The number of hydrogen-bond acceptors (Lipinski definition) is 10. The number of ether oxygens (including phenoxy) is 5. The molecule has 1 aliphatic rings. The normalized spacial score (nSPS) is 22.2. The summed E-state index contributed by atoms with van der Waals surface area (Å²) < 4.78 is 30.7. The van der Waals surface area contributed by atoms with E-state index in [9.17, 15) is 15.0 Å². The van der Waals surface area contributed by atoms with E-state index in [1.807, 2.05) is 78.9 Å². The van der Waals surface area contributed by atoms with Crippen molar-refractivity contribution in [1.82, 2.24) is 9.55 Å². The lowest BCUT2D eigenvalue weighted by molar-refractivity contribution is -0.175. The molecule has 1 aliphatic heterocycles. The van der Waals surface area contributed by atoms with Crippen molar-refractivity contribution >= 4 is 5.82 Å². The van der Waals surface area contributed by atoms with Gasteiger partial charge in [-0.25, -0.2) is 4.79 Å². The summed E-state index contributed by atoms with van der Waals surface area (Å²) in [5.41, 5.74) is 4.72. The Morgan fingerprint density at radius 3 is 2.00 bits per heavy atom. The second-order valence-electron chi connectivity index (χ2n) is 11.1. The van der Waals surface area contributed by atoms with Crippen LogP contribution in [-0.2, 0) is 19.8 Å². The van der Waals surface area contributed by atoms with Crippen LogP contribution in [0.25, 0.3) is 0 Å². The molecule has 0 aliphatic carbocycles. The van der Waals surface area contributed by atoms with Crippen LogP contribution in [0.5, 0.6) is 11.5 Å². The molecule has 4 N–H and O–H groups in total. The highest BCUT2D eigenvalue weighted by molar-refractivity contribution is 5.49. The Hall–Kier alpha value is -4.26. The third kappa shape index (κ3) is 5.69. The summed E-state index contributed by atoms with van der Waals surface area (Å²) in [6.45, 7) is 3.08. The predicted molar refractivity (Wildman–Crippen MR) is 167 cm³/mol. The number of aliphatic hydroxyl groups excluding tert-OH is 1. The zero-order chi connectivity index (χ0) is 32.4. The molecule has 2 heterocycles. The van der Waals surface area contributed by atoms with E-state index >= 15 is 0 Å². The van der Waals surface area contributed by atoms with Gasteiger partial charge in [0, 0.05) is 18.9 Å². The van der Waals surface area contributed by atoms with Gasteiger partial charge in [0.25, 0.3) is 0 Å². The van der Waals surface area contributed by atoms with Crippen LogP contribution < -0.4 is 20.9 Å². The maximum absolute atomic E-state index is 13.0. The lowest BCUT2D eigenvalue weighted by Crippen LogP contribution is -2.56. The largest absolute Gasteiger partial charge is 0.497 e. The summed E-state index contributed by atoms with van der Waals surface area (Å²) in [7, 11) is 4.60. The first-order valence-electron chi connectivity index (χ1n) is 14.5. The molecule has 0 saturated carbocycles. The number of aryl methyl sites for hydroxylation is 1. The van der Waals surface area contributed by atoms with Gasteiger partial charge in [0.2, 0.25) is 0 Å². The second-order valence-corrected chi connectivity index (χ2v) is 11.1. The molecule has 0 radical (unpaired) electrons. The maximum atomic E-state index is 13.0. The Bertz CT molecular complexity index is 1600. The van der Waals surface area contributed by atoms with Crippen LogP contribution in [-0.4, -0.2) is 71.6 Å². The van der Waals surface area contributed by atoms with Gasteiger partial charge in [0.05, 0.1) is 26.9 Å². The van der Waals surface area contributed by atoms with Crippen molar-refractivity contribution in [2.24, 2.45) is 0 Å². The Kier molecular flexibility index (Phi) is 9.28. The number of benzene rings is 3. The molecule has 1 unspecified atom stereocenters. The fraction of sp³-hybridized carbons (Fsp3) is 0.353. The van der Waals surface area contributed by atoms with Gasteiger partial charge in [-0.15, -0.1) is 0 Å². The van der Waals surface area contributed by atoms with E-state index in [-0.39, 0.29) is 12.4 Å². The summed E-state index contributed by atoms with van der Waals surface area (Å²) in [5.74, 6) is 1.40. The first kappa shape index (κ1) is 32.1. The summed E-state index contributed by atoms with van der Waals surface area (Å²) in [4.78, 5) is 16.8. The van der Waals surface area contributed by atoms with E-state index in [4.69, 9.17) is 29.4 Å². The van der Waals surface area contributed by atoms with Crippen molar-refractivity contribution in [3.05, 3.63) is 118 Å². The van der Waals surface area contributed by atoms with Crippen LogP contribution in [0.1, 0.15) is 35.4 Å². The minimum atomic E-state index is -2.05. The SMILES string of the molecule is COc1ccc(C(OC[C@H]2O[C@@H](n3cc(C)c(N)nc3=O)[C@@](O)(C(C)OC)[C@@H]2O)(c2ccccc2)c2ccc(OC)cc2)cc1. The first-order chi connectivity index (χ1) is 21.6. The number of nitrogens with two attached hydrogens (primary N) is 1. The number of nitrogens with zero attached hydrogens (tertiary/aromatic N) is 2. The van der Waals surface area contributed by atoms with Gasteiger partial charge >= 0.3 is 5.69 Å². The fourth-order valence-corrected chi connectivity index (χ4v) is 5.87. The fourth-order valence-electron chi connectivity index (χ4n) is 5.87. The number of anilines is 1. The zero-order valence-corrected chi connectivity index (χ0v) is 25.9. The van der Waals surface area contributed by atoms with Crippen molar-refractivity contribution in [2.45, 2.75) is 49.6 Å². The first-order valence-corrected chi connectivity index (χ1v) is 14.5. The van der Waals surface area contributed by atoms with E-state index in [1.165, 1.54) is 13.3 Å². The van der Waals surface area contributed by atoms with Gasteiger partial charge in [-0.2, -0.15) is 4.98 Å². The van der Waals surface area contributed by atoms with E-state index < -0.39 is 41.4 Å². The smallest absolute Gasteiger partial charge is 0.351 e. The quantitative estimate of drug-likeness (QED) is 0.214. The Labute approximate surface area is 261 Å². The number of nitrogen functional groups attached to an aromatic ring is 1. The topological polar surface area (TPSA) is 148 Å². The molecule has 4 aromatic rings. The van der Waals surface area contributed by atoms with Gasteiger partial charge in [-0.1, -0.05) is 54.6 Å². The number of aromatic nitrogens is 2. The van der Waals surface area contributed by atoms with Gasteiger partial charge in [-0.3, -0.25) is 4.57 Å². The second kappa shape index (κ2) is 13.0. The van der Waals surface area contributed by atoms with E-state index in [1.54, 1.807) is 28.1 Å². The average molecular weight is 618 g/mol. The number of methoxy groups -OCH3 is 3. The molecule has 0 amide bonds. The standard InChI is InChI=1S/C34H39N3O8/c1-21-19-37(32(39)36-30(21)35)31-33(40,22(2)41-3)29(38)28(45-31)20-44-34(23-9-7-6-8-10-23,24-11-15-26(42-4)16-12-24)25-13-17-27(43-5)18-14-25/h6-19,22,28-29,31,38,40H,20H2,1-5H3,(H2,35,36,39)/t22?,28-,29-,31-,33-/m1/s1. The molecule has 1 fully saturated rings. The number of rotatable bonds is 11. The summed E-state index contributed by atoms with van der Waals surface area (Å²) in [5, 5.41) is 23.7. The van der Waals surface area contributed by atoms with Crippen LogP contribution in [0.4, 0.5) is 5.82 Å². The predicted octanol–water partition coefficient (Wildman–Crippen LogP) is 3.18. The molecule has 238 valence electrons. The van der Waals surface area contributed by atoms with E-state index in [0.717, 1.165) is 21.3 Å². The Balaban J connectivity index is 1.62. The summed E-state index contributed by atoms with van der Waals surface area (Å²) >= 11 is 0. The molecule has 0 bridgehead atoms. The van der Waals surface area contributed by atoms with Gasteiger partial charge in [0.15, 0.2) is 11.8 Å². The van der Waals surface area contributed by atoms with Crippen LogP contribution in [0.2, 0.25) is 0 Å². The number of hydrogen-bond donors (Lipinski definition) is 3. The lowest BCUT2D eigenvalue weighted by Gasteiger charge is -2.37. The van der Waals surface area contributed by atoms with E-state index in [2.05, 4.69) is 4.98 Å².